The second kappa shape index (κ2) is 9.19. The van der Waals surface area contributed by atoms with E-state index < -0.39 is 5.97 Å². The van der Waals surface area contributed by atoms with Crippen LogP contribution in [0.4, 0.5) is 0 Å². The molecule has 2 aromatic carbocycles. The molecule has 0 aliphatic heterocycles. The Kier molecular flexibility index (Phi) is 6.44. The van der Waals surface area contributed by atoms with Gasteiger partial charge in [0.15, 0.2) is 11.5 Å². The normalized spacial score (nSPS) is 11.0. The summed E-state index contributed by atoms with van der Waals surface area (Å²) in [5.41, 5.74) is 1.74. The van der Waals surface area contributed by atoms with Crippen molar-refractivity contribution in [1.82, 2.24) is 4.98 Å². The number of fused-ring (bicyclic) bond motifs is 1. The smallest absolute Gasteiger partial charge is 0.331 e. The lowest BCUT2D eigenvalue weighted by atomic mass is 10.2. The van der Waals surface area contributed by atoms with Gasteiger partial charge in [-0.25, -0.2) is 9.78 Å². The van der Waals surface area contributed by atoms with Crippen LogP contribution < -0.4 is 9.47 Å². The number of hydrogen-bond donors (Lipinski definition) is 0. The van der Waals surface area contributed by atoms with Crippen LogP contribution >= 0.6 is 11.3 Å². The Labute approximate surface area is 162 Å². The second-order valence-corrected chi connectivity index (χ2v) is 6.89. The van der Waals surface area contributed by atoms with E-state index in [1.54, 1.807) is 13.2 Å². The fourth-order valence-corrected chi connectivity index (χ4v) is 3.33. The SMILES string of the molecule is CCCOc1ccc(/C=C/C(=O)OCc2nc3ccccc3s2)cc1OC. The largest absolute Gasteiger partial charge is 0.493 e. The molecule has 3 aromatic rings. The van der Waals surface area contributed by atoms with Gasteiger partial charge < -0.3 is 14.2 Å². The Morgan fingerprint density at radius 3 is 2.81 bits per heavy atom. The van der Waals surface area contributed by atoms with E-state index in [0.717, 1.165) is 27.2 Å². The number of carbonyl (C=O) groups is 1. The van der Waals surface area contributed by atoms with E-state index in [2.05, 4.69) is 4.98 Å². The molecular weight excluding hydrogens is 362 g/mol. The maximum atomic E-state index is 12.0. The molecule has 27 heavy (non-hydrogen) atoms. The highest BCUT2D eigenvalue weighted by atomic mass is 32.1. The fraction of sp³-hybridized carbons (Fsp3) is 0.238. The number of esters is 1. The Morgan fingerprint density at radius 1 is 1.19 bits per heavy atom. The number of aromatic nitrogens is 1. The van der Waals surface area contributed by atoms with Crippen molar-refractivity contribution in [3.63, 3.8) is 0 Å². The molecule has 6 heteroatoms. The topological polar surface area (TPSA) is 57.7 Å². The maximum Gasteiger partial charge on any atom is 0.331 e. The Hall–Kier alpha value is -2.86. The number of para-hydroxylation sites is 1. The molecule has 1 heterocycles. The summed E-state index contributed by atoms with van der Waals surface area (Å²) >= 11 is 1.52. The van der Waals surface area contributed by atoms with Gasteiger partial charge in [-0.2, -0.15) is 0 Å². The van der Waals surface area contributed by atoms with Crippen molar-refractivity contribution in [2.45, 2.75) is 20.0 Å². The van der Waals surface area contributed by atoms with Gasteiger partial charge in [-0.15, -0.1) is 11.3 Å². The lowest BCUT2D eigenvalue weighted by Gasteiger charge is -2.10. The third-order valence-electron chi connectivity index (χ3n) is 3.74. The van der Waals surface area contributed by atoms with Gasteiger partial charge in [-0.3, -0.25) is 0 Å². The predicted octanol–water partition coefficient (Wildman–Crippen LogP) is 4.85. The fourth-order valence-electron chi connectivity index (χ4n) is 2.45. The van der Waals surface area contributed by atoms with Crippen LogP contribution in [0.25, 0.3) is 16.3 Å². The second-order valence-electron chi connectivity index (χ2n) is 5.78. The van der Waals surface area contributed by atoms with Gasteiger partial charge in [0.25, 0.3) is 0 Å². The Bertz CT molecular complexity index is 915. The van der Waals surface area contributed by atoms with E-state index in [9.17, 15) is 4.79 Å². The first kappa shape index (κ1) is 18.9. The zero-order valence-corrected chi connectivity index (χ0v) is 16.1. The summed E-state index contributed by atoms with van der Waals surface area (Å²) in [6.45, 7) is 2.84. The van der Waals surface area contributed by atoms with Crippen molar-refractivity contribution in [1.29, 1.82) is 0 Å². The molecule has 3 rings (SSSR count). The van der Waals surface area contributed by atoms with Crippen molar-refractivity contribution >= 4 is 33.6 Å². The van der Waals surface area contributed by atoms with Crippen molar-refractivity contribution < 1.29 is 19.0 Å². The first-order chi connectivity index (χ1) is 13.2. The van der Waals surface area contributed by atoms with Crippen LogP contribution in [0.1, 0.15) is 23.9 Å². The Morgan fingerprint density at radius 2 is 2.04 bits per heavy atom. The molecule has 0 atom stereocenters. The number of rotatable bonds is 8. The van der Waals surface area contributed by atoms with E-state index in [4.69, 9.17) is 14.2 Å². The van der Waals surface area contributed by atoms with Crippen LogP contribution in [0, 0.1) is 0 Å². The number of carbonyl (C=O) groups excluding carboxylic acids is 1. The number of thiazole rings is 1. The van der Waals surface area contributed by atoms with Gasteiger partial charge in [-0.1, -0.05) is 25.1 Å². The minimum atomic E-state index is -0.417. The van der Waals surface area contributed by atoms with E-state index in [0.29, 0.717) is 18.1 Å². The highest BCUT2D eigenvalue weighted by molar-refractivity contribution is 7.18. The number of methoxy groups -OCH3 is 1. The summed E-state index contributed by atoms with van der Waals surface area (Å²) in [5, 5.41) is 0.775. The van der Waals surface area contributed by atoms with Gasteiger partial charge in [0.05, 0.1) is 23.9 Å². The lowest BCUT2D eigenvalue weighted by Crippen LogP contribution is -2.00. The lowest BCUT2D eigenvalue weighted by molar-refractivity contribution is -0.138. The minimum absolute atomic E-state index is 0.162. The van der Waals surface area contributed by atoms with Crippen molar-refractivity contribution in [3.05, 3.63) is 59.1 Å². The van der Waals surface area contributed by atoms with Crippen LogP contribution in [0.2, 0.25) is 0 Å². The summed E-state index contributed by atoms with van der Waals surface area (Å²) in [5.74, 6) is 0.905. The standard InChI is InChI=1S/C21H21NO4S/c1-3-12-25-17-10-8-15(13-18(17)24-2)9-11-21(23)26-14-20-22-16-6-4-5-7-19(16)27-20/h4-11,13H,3,12,14H2,1-2H3/b11-9+. The zero-order chi connectivity index (χ0) is 19.1. The minimum Gasteiger partial charge on any atom is -0.493 e. The van der Waals surface area contributed by atoms with Gasteiger partial charge in [0, 0.05) is 6.08 Å². The monoisotopic (exact) mass is 383 g/mol. The van der Waals surface area contributed by atoms with Gasteiger partial charge in [0.2, 0.25) is 0 Å². The molecule has 1 aromatic heterocycles. The van der Waals surface area contributed by atoms with Crippen LogP contribution in [-0.2, 0) is 16.1 Å². The van der Waals surface area contributed by atoms with Crippen molar-refractivity contribution in [3.8, 4) is 11.5 Å². The number of nitrogens with zero attached hydrogens (tertiary/aromatic N) is 1. The molecule has 0 unspecified atom stereocenters. The molecule has 0 fully saturated rings. The van der Waals surface area contributed by atoms with E-state index in [-0.39, 0.29) is 6.61 Å². The van der Waals surface area contributed by atoms with Gasteiger partial charge in [0.1, 0.15) is 11.6 Å². The van der Waals surface area contributed by atoms with Gasteiger partial charge >= 0.3 is 5.97 Å². The maximum absolute atomic E-state index is 12.0. The summed E-state index contributed by atoms with van der Waals surface area (Å²) in [6, 6.07) is 13.4. The van der Waals surface area contributed by atoms with Crippen LogP contribution in [0.15, 0.2) is 48.5 Å². The summed E-state index contributed by atoms with van der Waals surface area (Å²) in [4.78, 5) is 16.4. The van der Waals surface area contributed by atoms with Crippen LogP contribution in [0.3, 0.4) is 0 Å². The highest BCUT2D eigenvalue weighted by Gasteiger charge is 2.07. The summed E-state index contributed by atoms with van der Waals surface area (Å²) in [6.07, 6.45) is 4.01. The average molecular weight is 383 g/mol. The zero-order valence-electron chi connectivity index (χ0n) is 15.3. The number of hydrogen-bond acceptors (Lipinski definition) is 6. The molecule has 0 saturated heterocycles. The van der Waals surface area contributed by atoms with Crippen LogP contribution in [-0.4, -0.2) is 24.7 Å². The van der Waals surface area contributed by atoms with Crippen molar-refractivity contribution in [2.75, 3.05) is 13.7 Å². The molecule has 140 valence electrons. The third-order valence-corrected chi connectivity index (χ3v) is 4.75. The number of ether oxygens (including phenoxy) is 3. The van der Waals surface area contributed by atoms with Gasteiger partial charge in [-0.05, 0) is 42.3 Å². The average Bonchev–Trinajstić information content (AvgIpc) is 3.12. The van der Waals surface area contributed by atoms with Crippen LogP contribution in [0.5, 0.6) is 11.5 Å². The predicted molar refractivity (Wildman–Crippen MR) is 107 cm³/mol. The van der Waals surface area contributed by atoms with Crippen molar-refractivity contribution in [2.24, 2.45) is 0 Å². The molecule has 0 amide bonds. The molecule has 0 N–H and O–H groups in total. The molecular formula is C21H21NO4S. The quantitative estimate of drug-likeness (QED) is 0.411. The molecule has 0 bridgehead atoms. The first-order valence-corrected chi connectivity index (χ1v) is 9.51. The molecule has 0 aliphatic rings. The highest BCUT2D eigenvalue weighted by Crippen LogP contribution is 2.28. The molecule has 0 aliphatic carbocycles. The van der Waals surface area contributed by atoms with E-state index in [1.807, 2.05) is 49.4 Å². The molecule has 0 saturated carbocycles. The molecule has 5 nitrogen and oxygen atoms in total. The van der Waals surface area contributed by atoms with E-state index >= 15 is 0 Å². The summed E-state index contributed by atoms with van der Waals surface area (Å²) < 4.78 is 17.3. The number of benzene rings is 2. The first-order valence-electron chi connectivity index (χ1n) is 8.69. The molecule has 0 spiro atoms. The third kappa shape index (κ3) is 5.08. The summed E-state index contributed by atoms with van der Waals surface area (Å²) in [7, 11) is 1.59. The Balaban J connectivity index is 1.59. The van der Waals surface area contributed by atoms with E-state index in [1.165, 1.54) is 17.4 Å². The molecule has 0 radical (unpaired) electrons.